The molecule has 0 saturated heterocycles. The van der Waals surface area contributed by atoms with E-state index in [1.54, 1.807) is 12.1 Å². The fourth-order valence-corrected chi connectivity index (χ4v) is 2.92. The number of carbonyl (C=O) groups is 2. The summed E-state index contributed by atoms with van der Waals surface area (Å²) in [4.78, 5) is 21.3. The number of benzene rings is 1. The molecule has 1 aromatic carbocycles. The van der Waals surface area contributed by atoms with E-state index in [9.17, 15) is 18.0 Å². The van der Waals surface area contributed by atoms with Gasteiger partial charge in [-0.2, -0.15) is 4.72 Å². The third-order valence-corrected chi connectivity index (χ3v) is 4.23. The monoisotopic (exact) mass is 315 g/mol. The second-order valence-corrected chi connectivity index (χ2v) is 6.22. The Bertz CT molecular complexity index is 608. The average Bonchev–Trinajstić information content (AvgIpc) is 2.38. The number of aryl methyl sites for hydroxylation is 1. The van der Waals surface area contributed by atoms with Gasteiger partial charge in [0.25, 0.3) is 0 Å². The lowest BCUT2D eigenvalue weighted by atomic mass is 10.1. The van der Waals surface area contributed by atoms with Crippen LogP contribution in [0.5, 0.6) is 0 Å². The predicted octanol–water partition coefficient (Wildman–Crippen LogP) is 0.845. The van der Waals surface area contributed by atoms with Gasteiger partial charge in [-0.1, -0.05) is 25.5 Å². The van der Waals surface area contributed by atoms with Crippen LogP contribution in [0, 0.1) is 0 Å². The highest BCUT2D eigenvalue weighted by molar-refractivity contribution is 7.89. The van der Waals surface area contributed by atoms with E-state index in [1.807, 2.05) is 11.6 Å². The van der Waals surface area contributed by atoms with Crippen molar-refractivity contribution in [1.82, 2.24) is 4.72 Å². The molecule has 0 amide bonds. The Morgan fingerprint density at radius 2 is 1.76 bits per heavy atom. The summed E-state index contributed by atoms with van der Waals surface area (Å²) in [5.74, 6) is -2.94. The van der Waals surface area contributed by atoms with Crippen LogP contribution in [0.1, 0.15) is 25.3 Å². The van der Waals surface area contributed by atoms with E-state index in [0.717, 1.165) is 18.4 Å². The Morgan fingerprint density at radius 3 is 2.19 bits per heavy atom. The zero-order valence-electron chi connectivity index (χ0n) is 11.4. The Morgan fingerprint density at radius 1 is 1.19 bits per heavy atom. The fourth-order valence-electron chi connectivity index (χ4n) is 1.73. The molecule has 0 radical (unpaired) electrons. The Balaban J connectivity index is 2.93. The molecule has 1 rings (SSSR count). The average molecular weight is 315 g/mol. The van der Waals surface area contributed by atoms with Gasteiger partial charge in [-0.05, 0) is 24.1 Å². The molecule has 0 heterocycles. The molecule has 0 bridgehead atoms. The summed E-state index contributed by atoms with van der Waals surface area (Å²) in [5, 5.41) is 17.5. The standard InChI is InChI=1S/C13H17NO6S/c1-2-3-9-4-6-10(7-5-9)21(19,20)14-11(13(17)18)8-12(15)16/h4-7,11,14H,2-3,8H2,1H3,(H,15,16)(H,17,18). The quantitative estimate of drug-likeness (QED) is 0.654. The summed E-state index contributed by atoms with van der Waals surface area (Å²) in [6.45, 7) is 2.00. The topological polar surface area (TPSA) is 121 Å². The van der Waals surface area contributed by atoms with Gasteiger partial charge in [0.05, 0.1) is 11.3 Å². The Kier molecular flexibility index (Phi) is 5.86. The number of nitrogens with one attached hydrogen (secondary N) is 1. The van der Waals surface area contributed by atoms with Crippen LogP contribution in [0.3, 0.4) is 0 Å². The minimum absolute atomic E-state index is 0.0982. The smallest absolute Gasteiger partial charge is 0.322 e. The van der Waals surface area contributed by atoms with Crippen molar-refractivity contribution in [3.05, 3.63) is 29.8 Å². The molecule has 116 valence electrons. The van der Waals surface area contributed by atoms with E-state index >= 15 is 0 Å². The molecule has 0 spiro atoms. The lowest BCUT2D eigenvalue weighted by Gasteiger charge is -2.13. The Labute approximate surface area is 122 Å². The van der Waals surface area contributed by atoms with Crippen molar-refractivity contribution in [3.63, 3.8) is 0 Å². The molecule has 1 aromatic rings. The zero-order valence-corrected chi connectivity index (χ0v) is 12.3. The first kappa shape index (κ1) is 17.1. The highest BCUT2D eigenvalue weighted by Crippen LogP contribution is 2.13. The minimum atomic E-state index is -4.08. The molecular formula is C13H17NO6S. The summed E-state index contributed by atoms with van der Waals surface area (Å²) in [5.41, 5.74) is 0.969. The molecule has 0 aliphatic heterocycles. The van der Waals surface area contributed by atoms with Crippen LogP contribution in [0.15, 0.2) is 29.2 Å². The fraction of sp³-hybridized carbons (Fsp3) is 0.385. The van der Waals surface area contributed by atoms with Gasteiger partial charge in [0.2, 0.25) is 10.0 Å². The second-order valence-electron chi connectivity index (χ2n) is 4.50. The summed E-state index contributed by atoms with van der Waals surface area (Å²) in [6.07, 6.45) is 0.900. The molecule has 1 unspecified atom stereocenters. The number of carboxylic acids is 2. The van der Waals surface area contributed by atoms with Gasteiger partial charge >= 0.3 is 11.9 Å². The number of hydrogen-bond acceptors (Lipinski definition) is 4. The number of rotatable bonds is 8. The van der Waals surface area contributed by atoms with E-state index in [1.165, 1.54) is 12.1 Å². The van der Waals surface area contributed by atoms with Gasteiger partial charge in [0, 0.05) is 0 Å². The summed E-state index contributed by atoms with van der Waals surface area (Å²) in [7, 11) is -4.08. The van der Waals surface area contributed by atoms with E-state index in [-0.39, 0.29) is 4.90 Å². The van der Waals surface area contributed by atoms with Crippen LogP contribution in [-0.2, 0) is 26.0 Å². The van der Waals surface area contributed by atoms with Gasteiger partial charge in [-0.3, -0.25) is 9.59 Å². The first-order valence-electron chi connectivity index (χ1n) is 6.32. The second kappa shape index (κ2) is 7.19. The molecule has 1 atom stereocenters. The SMILES string of the molecule is CCCc1ccc(S(=O)(=O)NC(CC(=O)O)C(=O)O)cc1. The van der Waals surface area contributed by atoms with Crippen LogP contribution < -0.4 is 4.72 Å². The van der Waals surface area contributed by atoms with Crippen LogP contribution in [0.25, 0.3) is 0 Å². The lowest BCUT2D eigenvalue weighted by molar-refractivity contribution is -0.145. The van der Waals surface area contributed by atoms with Crippen molar-refractivity contribution in [1.29, 1.82) is 0 Å². The molecule has 21 heavy (non-hydrogen) atoms. The normalized spacial score (nSPS) is 12.8. The maximum atomic E-state index is 12.0. The summed E-state index contributed by atoms with van der Waals surface area (Å²) >= 11 is 0. The van der Waals surface area contributed by atoms with Gasteiger partial charge < -0.3 is 10.2 Å². The highest BCUT2D eigenvalue weighted by Gasteiger charge is 2.27. The molecular weight excluding hydrogens is 298 g/mol. The number of aliphatic carboxylic acids is 2. The lowest BCUT2D eigenvalue weighted by Crippen LogP contribution is -2.42. The van der Waals surface area contributed by atoms with E-state index in [2.05, 4.69) is 0 Å². The van der Waals surface area contributed by atoms with E-state index < -0.39 is 34.4 Å². The van der Waals surface area contributed by atoms with Gasteiger partial charge in [-0.15, -0.1) is 0 Å². The third kappa shape index (κ3) is 5.16. The molecule has 0 saturated carbocycles. The van der Waals surface area contributed by atoms with Crippen molar-refractivity contribution in [3.8, 4) is 0 Å². The molecule has 7 nitrogen and oxygen atoms in total. The van der Waals surface area contributed by atoms with Crippen molar-refractivity contribution >= 4 is 22.0 Å². The van der Waals surface area contributed by atoms with Gasteiger partial charge in [0.15, 0.2) is 0 Å². The number of carboxylic acid groups (broad SMARTS) is 2. The van der Waals surface area contributed by atoms with Crippen molar-refractivity contribution in [2.45, 2.75) is 37.1 Å². The number of hydrogen-bond donors (Lipinski definition) is 3. The molecule has 0 aromatic heterocycles. The predicted molar refractivity (Wildman–Crippen MR) is 74.4 cm³/mol. The molecule has 0 aliphatic carbocycles. The van der Waals surface area contributed by atoms with Gasteiger partial charge in [-0.25, -0.2) is 8.42 Å². The van der Waals surface area contributed by atoms with Crippen molar-refractivity contribution in [2.75, 3.05) is 0 Å². The van der Waals surface area contributed by atoms with Crippen LogP contribution in [0.4, 0.5) is 0 Å². The molecule has 3 N–H and O–H groups in total. The first-order chi connectivity index (χ1) is 9.76. The number of sulfonamides is 1. The maximum absolute atomic E-state index is 12.0. The van der Waals surface area contributed by atoms with E-state index in [4.69, 9.17) is 10.2 Å². The van der Waals surface area contributed by atoms with E-state index in [0.29, 0.717) is 0 Å². The first-order valence-corrected chi connectivity index (χ1v) is 7.80. The molecule has 0 aliphatic rings. The largest absolute Gasteiger partial charge is 0.481 e. The zero-order chi connectivity index (χ0) is 16.0. The van der Waals surface area contributed by atoms with Crippen molar-refractivity contribution < 1.29 is 28.2 Å². The maximum Gasteiger partial charge on any atom is 0.322 e. The van der Waals surface area contributed by atoms with Gasteiger partial charge in [0.1, 0.15) is 6.04 Å². The van der Waals surface area contributed by atoms with Crippen LogP contribution >= 0.6 is 0 Å². The minimum Gasteiger partial charge on any atom is -0.481 e. The third-order valence-electron chi connectivity index (χ3n) is 2.75. The van der Waals surface area contributed by atoms with Crippen LogP contribution in [-0.4, -0.2) is 36.6 Å². The molecule has 8 heteroatoms. The Hall–Kier alpha value is -1.93. The summed E-state index contributed by atoms with van der Waals surface area (Å²) < 4.78 is 25.9. The highest BCUT2D eigenvalue weighted by atomic mass is 32.2. The molecule has 0 fully saturated rings. The van der Waals surface area contributed by atoms with Crippen molar-refractivity contribution in [2.24, 2.45) is 0 Å². The van der Waals surface area contributed by atoms with Crippen LogP contribution in [0.2, 0.25) is 0 Å². The summed E-state index contributed by atoms with van der Waals surface area (Å²) in [6, 6.07) is 4.32.